The molecule has 1 fully saturated rings. The Labute approximate surface area is 92.2 Å². The highest BCUT2D eigenvalue weighted by molar-refractivity contribution is 5.82. The van der Waals surface area contributed by atoms with Crippen molar-refractivity contribution < 1.29 is 4.79 Å². The van der Waals surface area contributed by atoms with E-state index in [-0.39, 0.29) is 17.9 Å². The fraction of sp³-hybridized carbons (Fsp3) is 0.909. The first kappa shape index (κ1) is 12.5. The van der Waals surface area contributed by atoms with Gasteiger partial charge < -0.3 is 16.0 Å². The van der Waals surface area contributed by atoms with Crippen molar-refractivity contribution in [3.05, 3.63) is 0 Å². The molecule has 0 spiro atoms. The molecule has 1 aliphatic heterocycles. The second-order valence-electron chi connectivity index (χ2n) is 4.86. The summed E-state index contributed by atoms with van der Waals surface area (Å²) >= 11 is 0. The van der Waals surface area contributed by atoms with Gasteiger partial charge in [0.05, 0.1) is 6.04 Å². The number of hydrogen-bond donors (Lipinski definition) is 2. The summed E-state index contributed by atoms with van der Waals surface area (Å²) < 4.78 is 0. The van der Waals surface area contributed by atoms with Crippen LogP contribution in [0.5, 0.6) is 0 Å². The van der Waals surface area contributed by atoms with Crippen molar-refractivity contribution in [3.63, 3.8) is 0 Å². The summed E-state index contributed by atoms with van der Waals surface area (Å²) in [7, 11) is 2.11. The molecule has 15 heavy (non-hydrogen) atoms. The standard InChI is InChI=1S/C11H23N3O/c1-8(2)10(12)11(15)13-9-4-6-14(3)7-5-9/h8-10H,4-7,12H2,1-3H3,(H,13,15). The fourth-order valence-corrected chi connectivity index (χ4v) is 1.75. The van der Waals surface area contributed by atoms with Crippen LogP contribution in [0.4, 0.5) is 0 Å². The topological polar surface area (TPSA) is 58.4 Å². The van der Waals surface area contributed by atoms with Crippen LogP contribution in [0.3, 0.4) is 0 Å². The smallest absolute Gasteiger partial charge is 0.237 e. The third-order valence-electron chi connectivity index (χ3n) is 3.09. The first-order valence-electron chi connectivity index (χ1n) is 5.75. The van der Waals surface area contributed by atoms with Gasteiger partial charge >= 0.3 is 0 Å². The van der Waals surface area contributed by atoms with E-state index in [1.807, 2.05) is 13.8 Å². The van der Waals surface area contributed by atoms with Gasteiger partial charge in [-0.05, 0) is 38.9 Å². The summed E-state index contributed by atoms with van der Waals surface area (Å²) in [6.07, 6.45) is 2.07. The highest BCUT2D eigenvalue weighted by Gasteiger charge is 2.22. The minimum Gasteiger partial charge on any atom is -0.352 e. The Morgan fingerprint density at radius 2 is 1.93 bits per heavy atom. The van der Waals surface area contributed by atoms with Crippen molar-refractivity contribution in [3.8, 4) is 0 Å². The molecule has 0 aromatic heterocycles. The number of carbonyl (C=O) groups excluding carboxylic acids is 1. The van der Waals surface area contributed by atoms with Crippen LogP contribution in [-0.2, 0) is 4.79 Å². The van der Waals surface area contributed by atoms with Crippen LogP contribution in [-0.4, -0.2) is 43.0 Å². The molecule has 0 saturated carbocycles. The number of piperidine rings is 1. The zero-order valence-electron chi connectivity index (χ0n) is 9.99. The van der Waals surface area contributed by atoms with E-state index in [9.17, 15) is 4.79 Å². The van der Waals surface area contributed by atoms with Gasteiger partial charge in [0.1, 0.15) is 0 Å². The quantitative estimate of drug-likeness (QED) is 0.703. The lowest BCUT2D eigenvalue weighted by Crippen LogP contribution is -2.50. The Bertz CT molecular complexity index is 210. The number of nitrogens with one attached hydrogen (secondary N) is 1. The maximum Gasteiger partial charge on any atom is 0.237 e. The monoisotopic (exact) mass is 213 g/mol. The van der Waals surface area contributed by atoms with E-state index in [4.69, 9.17) is 5.73 Å². The average molecular weight is 213 g/mol. The highest BCUT2D eigenvalue weighted by Crippen LogP contribution is 2.09. The van der Waals surface area contributed by atoms with E-state index in [1.165, 1.54) is 0 Å². The van der Waals surface area contributed by atoms with E-state index in [0.717, 1.165) is 25.9 Å². The second-order valence-corrected chi connectivity index (χ2v) is 4.86. The number of amides is 1. The molecule has 88 valence electrons. The van der Waals surface area contributed by atoms with Gasteiger partial charge in [-0.25, -0.2) is 0 Å². The summed E-state index contributed by atoms with van der Waals surface area (Å²) in [5.41, 5.74) is 5.78. The highest BCUT2D eigenvalue weighted by atomic mass is 16.2. The number of nitrogens with zero attached hydrogens (tertiary/aromatic N) is 1. The predicted octanol–water partition coefficient (Wildman–Crippen LogP) is 0.180. The zero-order chi connectivity index (χ0) is 11.4. The second kappa shape index (κ2) is 5.47. The first-order chi connectivity index (χ1) is 7.00. The van der Waals surface area contributed by atoms with E-state index < -0.39 is 0 Å². The first-order valence-corrected chi connectivity index (χ1v) is 5.75. The van der Waals surface area contributed by atoms with Crippen LogP contribution < -0.4 is 11.1 Å². The molecule has 0 radical (unpaired) electrons. The number of nitrogens with two attached hydrogens (primary N) is 1. The Hall–Kier alpha value is -0.610. The van der Waals surface area contributed by atoms with Crippen LogP contribution in [0.2, 0.25) is 0 Å². The number of rotatable bonds is 3. The molecule has 1 unspecified atom stereocenters. The minimum absolute atomic E-state index is 0.000414. The third-order valence-corrected chi connectivity index (χ3v) is 3.09. The molecule has 1 heterocycles. The van der Waals surface area contributed by atoms with Crippen molar-refractivity contribution in [2.24, 2.45) is 11.7 Å². The molecular weight excluding hydrogens is 190 g/mol. The van der Waals surface area contributed by atoms with E-state index >= 15 is 0 Å². The normalized spacial score (nSPS) is 21.7. The van der Waals surface area contributed by atoms with Crippen LogP contribution in [0.15, 0.2) is 0 Å². The van der Waals surface area contributed by atoms with Gasteiger partial charge in [-0.15, -0.1) is 0 Å². The molecule has 1 rings (SSSR count). The predicted molar refractivity (Wildman–Crippen MR) is 61.5 cm³/mol. The molecule has 0 aliphatic carbocycles. The summed E-state index contributed by atoms with van der Waals surface area (Å²) in [6.45, 7) is 6.06. The lowest BCUT2D eigenvalue weighted by Gasteiger charge is -2.30. The molecule has 0 aromatic carbocycles. The summed E-state index contributed by atoms with van der Waals surface area (Å²) in [6, 6.07) is -0.0526. The Morgan fingerprint density at radius 3 is 2.40 bits per heavy atom. The van der Waals surface area contributed by atoms with E-state index in [1.54, 1.807) is 0 Å². The van der Waals surface area contributed by atoms with Gasteiger partial charge in [0.15, 0.2) is 0 Å². The number of hydrogen-bond acceptors (Lipinski definition) is 3. The van der Waals surface area contributed by atoms with Crippen LogP contribution in [0.25, 0.3) is 0 Å². The largest absolute Gasteiger partial charge is 0.352 e. The maximum atomic E-state index is 11.7. The van der Waals surface area contributed by atoms with Gasteiger partial charge in [0.25, 0.3) is 0 Å². The molecule has 0 bridgehead atoms. The minimum atomic E-state index is -0.371. The lowest BCUT2D eigenvalue weighted by atomic mass is 10.0. The van der Waals surface area contributed by atoms with Gasteiger partial charge in [-0.1, -0.05) is 13.8 Å². The van der Waals surface area contributed by atoms with Crippen molar-refractivity contribution in [2.45, 2.75) is 38.8 Å². The van der Waals surface area contributed by atoms with E-state index in [0.29, 0.717) is 6.04 Å². The van der Waals surface area contributed by atoms with Crippen molar-refractivity contribution in [2.75, 3.05) is 20.1 Å². The Kier molecular flexibility index (Phi) is 4.54. The molecule has 4 heteroatoms. The Morgan fingerprint density at radius 1 is 1.40 bits per heavy atom. The van der Waals surface area contributed by atoms with Crippen molar-refractivity contribution in [1.29, 1.82) is 0 Å². The van der Waals surface area contributed by atoms with Crippen molar-refractivity contribution >= 4 is 5.91 Å². The number of likely N-dealkylation sites (tertiary alicyclic amines) is 1. The zero-order valence-corrected chi connectivity index (χ0v) is 9.99. The van der Waals surface area contributed by atoms with Gasteiger partial charge in [0.2, 0.25) is 5.91 Å². The molecule has 1 saturated heterocycles. The van der Waals surface area contributed by atoms with Gasteiger partial charge in [-0.3, -0.25) is 4.79 Å². The van der Waals surface area contributed by atoms with Gasteiger partial charge in [0, 0.05) is 6.04 Å². The molecule has 4 nitrogen and oxygen atoms in total. The van der Waals surface area contributed by atoms with E-state index in [2.05, 4.69) is 17.3 Å². The maximum absolute atomic E-state index is 11.7. The average Bonchev–Trinajstić information content (AvgIpc) is 2.20. The number of carbonyl (C=O) groups is 1. The summed E-state index contributed by atoms with van der Waals surface area (Å²) in [4.78, 5) is 14.0. The molecule has 3 N–H and O–H groups in total. The SMILES string of the molecule is CC(C)C(N)C(=O)NC1CCN(C)CC1. The van der Waals surface area contributed by atoms with Crippen molar-refractivity contribution in [1.82, 2.24) is 10.2 Å². The molecular formula is C11H23N3O. The molecule has 1 amide bonds. The van der Waals surface area contributed by atoms with Crippen LogP contribution in [0, 0.1) is 5.92 Å². The summed E-state index contributed by atoms with van der Waals surface area (Å²) in [5.74, 6) is 0.204. The summed E-state index contributed by atoms with van der Waals surface area (Å²) in [5, 5.41) is 3.03. The fourth-order valence-electron chi connectivity index (χ4n) is 1.75. The van der Waals surface area contributed by atoms with Crippen LogP contribution >= 0.6 is 0 Å². The van der Waals surface area contributed by atoms with Gasteiger partial charge in [-0.2, -0.15) is 0 Å². The lowest BCUT2D eigenvalue weighted by molar-refractivity contribution is -0.124. The third kappa shape index (κ3) is 3.80. The van der Waals surface area contributed by atoms with Crippen LogP contribution in [0.1, 0.15) is 26.7 Å². The molecule has 1 atom stereocenters. The molecule has 0 aromatic rings. The molecule has 1 aliphatic rings. The Balaban J connectivity index is 2.32.